The molecule has 7 heteroatoms. The first-order chi connectivity index (χ1) is 0. The Balaban J connectivity index is 0. The summed E-state index contributed by atoms with van der Waals surface area (Å²) in [5.41, 5.74) is 0. The van der Waals surface area contributed by atoms with Crippen LogP contribution in [0.25, 0.3) is 0 Å². The van der Waals surface area contributed by atoms with Crippen LogP contribution in [0.3, 0.4) is 0 Å². The van der Waals surface area contributed by atoms with Crippen LogP contribution >= 0.6 is 0 Å². The number of halogens is 5. The summed E-state index contributed by atoms with van der Waals surface area (Å²) >= 11 is 0. The van der Waals surface area contributed by atoms with Crippen LogP contribution in [0.4, 0.5) is 0 Å². The molecule has 0 amide bonds. The van der Waals surface area contributed by atoms with Gasteiger partial charge in [0.1, 0.15) is 0 Å². The van der Waals surface area contributed by atoms with Crippen LogP contribution in [-0.4, -0.2) is 0 Å². The van der Waals surface area contributed by atoms with Gasteiger partial charge in [-0.1, -0.05) is 0 Å². The van der Waals surface area contributed by atoms with Gasteiger partial charge >= 0.3 is 25.8 Å². The third-order valence-electron chi connectivity index (χ3n) is 0. The van der Waals surface area contributed by atoms with Gasteiger partial charge in [-0.05, 0) is 0 Å². The molecule has 48 valence electrons. The Morgan fingerprint density at radius 2 is 0.429 bits per heavy atom. The van der Waals surface area contributed by atoms with Crippen molar-refractivity contribution in [2.45, 2.75) is 0 Å². The van der Waals surface area contributed by atoms with Crippen molar-refractivity contribution in [1.82, 2.24) is 6.15 Å². The van der Waals surface area contributed by atoms with Gasteiger partial charge in [0.05, 0.1) is 0 Å². The molecule has 0 radical (unpaired) electrons. The Morgan fingerprint density at radius 1 is 0.429 bits per heavy atom. The van der Waals surface area contributed by atoms with Crippen molar-refractivity contribution in [3.05, 3.63) is 0 Å². The fraction of sp³-hybridized carbons (Fsp3) is 0. The molecule has 0 aliphatic heterocycles. The predicted molar refractivity (Wildman–Crippen MR) is 5.98 cm³/mol. The summed E-state index contributed by atoms with van der Waals surface area (Å²) in [5, 5.41) is 0. The zero-order valence-corrected chi connectivity index (χ0v) is 6.98. The van der Waals surface area contributed by atoms with E-state index < -0.39 is 0 Å². The molecule has 7 heavy (non-hydrogen) atoms. The van der Waals surface area contributed by atoms with Crippen LogP contribution in [0.2, 0.25) is 0 Å². The maximum atomic E-state index is 0. The molecule has 0 bridgehead atoms. The smallest absolute Gasteiger partial charge is 1.00 e. The Bertz CT molecular complexity index is 8.04. The van der Waals surface area contributed by atoms with Crippen molar-refractivity contribution >= 4 is 0 Å². The van der Waals surface area contributed by atoms with Crippen LogP contribution in [0.15, 0.2) is 0 Å². The molecule has 4 N–H and O–H groups in total. The molecule has 0 aliphatic carbocycles. The Kier molecular flexibility index (Phi) is 164000. The molecular formula is H4F5HfN. The van der Waals surface area contributed by atoms with E-state index in [4.69, 9.17) is 0 Å². The van der Waals surface area contributed by atoms with E-state index in [1.54, 1.807) is 0 Å². The standard InChI is InChI=1S/5FH.Hf.H3N/h5*1H;;1H3/q;;;;;+4;/p-4. The molecule has 0 aliphatic rings. The summed E-state index contributed by atoms with van der Waals surface area (Å²) in [7, 11) is 0. The predicted octanol–water partition coefficient (Wildman–Crippen LogP) is -14.6. The third kappa shape index (κ3) is 564. The van der Waals surface area contributed by atoms with E-state index >= 15 is 0 Å². The molecule has 0 saturated heterocycles. The summed E-state index contributed by atoms with van der Waals surface area (Å²) in [4.78, 5) is 0. The number of rotatable bonds is 0. The summed E-state index contributed by atoms with van der Waals surface area (Å²) in [6.07, 6.45) is 0. The van der Waals surface area contributed by atoms with Gasteiger partial charge < -0.3 is 29.7 Å². The molecule has 0 aromatic carbocycles. The van der Waals surface area contributed by atoms with E-state index in [1.165, 1.54) is 0 Å². The van der Waals surface area contributed by atoms with E-state index in [2.05, 4.69) is 0 Å². The second-order valence-electron chi connectivity index (χ2n) is 0. The van der Waals surface area contributed by atoms with E-state index in [9.17, 15) is 0 Å². The topological polar surface area (TPSA) is 36.5 Å². The van der Waals surface area contributed by atoms with Crippen molar-refractivity contribution in [2.75, 3.05) is 0 Å². The Labute approximate surface area is 56.1 Å². The van der Waals surface area contributed by atoms with Gasteiger partial charge in [-0.2, -0.15) is 0 Å². The molecule has 0 fully saturated rings. The van der Waals surface area contributed by atoms with Gasteiger partial charge in [0.2, 0.25) is 0 Å². The first-order valence-corrected chi connectivity index (χ1v) is 0. The summed E-state index contributed by atoms with van der Waals surface area (Å²) in [6, 6.07) is 0. The summed E-state index contributed by atoms with van der Waals surface area (Å²) in [5.74, 6) is 0. The normalized spacial score (nSPS) is 0. The van der Waals surface area contributed by atoms with Gasteiger partial charge in [-0.25, -0.2) is 0 Å². The quantitative estimate of drug-likeness (QED) is 0.340. The zero-order valence-electron chi connectivity index (χ0n) is 3.39. The van der Waals surface area contributed by atoms with Crippen LogP contribution in [0, 0.1) is 0 Å². The molecule has 0 atom stereocenters. The molecule has 1 nitrogen and oxygen atoms in total. The van der Waals surface area contributed by atoms with Crippen molar-refractivity contribution in [2.24, 2.45) is 0 Å². The second-order valence-corrected chi connectivity index (χ2v) is 0. The van der Waals surface area contributed by atoms with Crippen molar-refractivity contribution < 1.29 is 49.4 Å². The molecular weight excluding hydrogens is 287 g/mol. The zero-order chi connectivity index (χ0) is 0. The van der Waals surface area contributed by atoms with Crippen LogP contribution in [-0.2, 0) is 25.8 Å². The minimum Gasteiger partial charge on any atom is -1.00 e. The Hall–Kier alpha value is 0.480. The maximum Gasteiger partial charge on any atom is 4.00 e. The SMILES string of the molecule is [F-].[F-].[F-].[F-].[F-].[Hf+4].[NH4+]. The molecule has 0 spiro atoms. The molecule has 0 heterocycles. The monoisotopic (exact) mass is 293 g/mol. The fourth-order valence-corrected chi connectivity index (χ4v) is 0. The number of quaternary nitrogens is 1. The van der Waals surface area contributed by atoms with E-state index in [-0.39, 0.29) is 55.5 Å². The molecule has 0 aromatic heterocycles. The second kappa shape index (κ2) is 844. The molecule has 0 unspecified atom stereocenters. The van der Waals surface area contributed by atoms with Crippen LogP contribution in [0.5, 0.6) is 0 Å². The largest absolute Gasteiger partial charge is 4.00 e. The van der Waals surface area contributed by atoms with Crippen molar-refractivity contribution in [3.63, 3.8) is 0 Å². The number of hydrogen-bond donors (Lipinski definition) is 1. The van der Waals surface area contributed by atoms with Crippen molar-refractivity contribution in [1.29, 1.82) is 0 Å². The van der Waals surface area contributed by atoms with Gasteiger partial charge in [0, 0.05) is 0 Å². The summed E-state index contributed by atoms with van der Waals surface area (Å²) in [6.45, 7) is 0. The van der Waals surface area contributed by atoms with Gasteiger partial charge in [-0.3, -0.25) is 0 Å². The molecule has 0 aromatic rings. The van der Waals surface area contributed by atoms with Gasteiger partial charge in [0.15, 0.2) is 0 Å². The third-order valence-corrected chi connectivity index (χ3v) is 0. The molecule has 0 rings (SSSR count). The average Bonchev–Trinajstić information content (AvgIpc) is 0. The fourth-order valence-electron chi connectivity index (χ4n) is 0. The van der Waals surface area contributed by atoms with Crippen LogP contribution in [0.1, 0.15) is 0 Å². The first kappa shape index (κ1) is 1360. The maximum absolute atomic E-state index is 0. The van der Waals surface area contributed by atoms with Crippen LogP contribution < -0.4 is 29.7 Å². The molecule has 0 saturated carbocycles. The summed E-state index contributed by atoms with van der Waals surface area (Å²) < 4.78 is 0. The van der Waals surface area contributed by atoms with E-state index in [0.29, 0.717) is 0 Å². The van der Waals surface area contributed by atoms with Crippen molar-refractivity contribution in [3.8, 4) is 0 Å². The van der Waals surface area contributed by atoms with E-state index in [1.807, 2.05) is 0 Å². The average molecular weight is 292 g/mol. The Morgan fingerprint density at radius 3 is 0.429 bits per heavy atom. The van der Waals surface area contributed by atoms with Gasteiger partial charge in [-0.15, -0.1) is 0 Å². The minimum atomic E-state index is 0. The van der Waals surface area contributed by atoms with Gasteiger partial charge in [0.25, 0.3) is 0 Å². The minimum absolute atomic E-state index is 0. The first-order valence-electron chi connectivity index (χ1n) is 0. The number of hydrogen-bond acceptors (Lipinski definition) is 0. The van der Waals surface area contributed by atoms with E-state index in [0.717, 1.165) is 0 Å².